The Morgan fingerprint density at radius 2 is 2.14 bits per heavy atom. The fourth-order valence-electron chi connectivity index (χ4n) is 2.08. The molecule has 2 heterocycles. The number of benzene rings is 1. The van der Waals surface area contributed by atoms with Gasteiger partial charge in [0.05, 0.1) is 12.9 Å². The maximum Gasteiger partial charge on any atom is 0.278 e. The molecule has 0 bridgehead atoms. The van der Waals surface area contributed by atoms with Crippen molar-refractivity contribution in [3.8, 4) is 0 Å². The summed E-state index contributed by atoms with van der Waals surface area (Å²) < 4.78 is 1.97. The Kier molecular flexibility index (Phi) is 3.87. The molecule has 106 valence electrons. The molecule has 0 atom stereocenters. The van der Waals surface area contributed by atoms with Gasteiger partial charge in [-0.1, -0.05) is 48.2 Å². The largest absolute Gasteiger partial charge is 0.311 e. The number of nitrogens with zero attached hydrogens (tertiary/aromatic N) is 3. The molecule has 0 fully saturated rings. The average Bonchev–Trinajstić information content (AvgIpc) is 2.86. The van der Waals surface area contributed by atoms with Crippen LogP contribution < -0.4 is 5.56 Å². The number of fused-ring (bicyclic) bond motifs is 1. The summed E-state index contributed by atoms with van der Waals surface area (Å²) in [6.07, 6.45) is 3.23. The molecule has 0 aliphatic carbocycles. The van der Waals surface area contributed by atoms with Gasteiger partial charge in [0.15, 0.2) is 16.3 Å². The van der Waals surface area contributed by atoms with Crippen LogP contribution in [-0.2, 0) is 6.54 Å². The highest BCUT2D eigenvalue weighted by atomic mass is 32.2. The quantitative estimate of drug-likeness (QED) is 0.580. The standard InChI is InChI=1S/C15H14N4OS/c1-2-8-21-15-18-12-13(16-10-17-14(12)20)19(15)9-11-6-4-3-5-7-11/h2-7,10H,1,8-9H2,(H,16,17,20). The molecule has 3 rings (SSSR count). The van der Waals surface area contributed by atoms with E-state index in [4.69, 9.17) is 0 Å². The number of hydrogen-bond acceptors (Lipinski definition) is 4. The number of aromatic amines is 1. The molecule has 0 aliphatic rings. The van der Waals surface area contributed by atoms with Gasteiger partial charge in [-0.25, -0.2) is 9.97 Å². The lowest BCUT2D eigenvalue weighted by Crippen LogP contribution is -2.08. The molecule has 5 nitrogen and oxygen atoms in total. The number of hydrogen-bond donors (Lipinski definition) is 1. The Bertz CT molecular complexity index is 823. The van der Waals surface area contributed by atoms with Crippen molar-refractivity contribution in [2.75, 3.05) is 5.75 Å². The second-order valence-corrected chi connectivity index (χ2v) is 5.46. The highest BCUT2D eigenvalue weighted by Crippen LogP contribution is 2.22. The minimum absolute atomic E-state index is 0.215. The molecule has 21 heavy (non-hydrogen) atoms. The minimum atomic E-state index is -0.215. The van der Waals surface area contributed by atoms with Crippen LogP contribution in [0.3, 0.4) is 0 Å². The highest BCUT2D eigenvalue weighted by Gasteiger charge is 2.14. The van der Waals surface area contributed by atoms with E-state index in [9.17, 15) is 4.79 Å². The lowest BCUT2D eigenvalue weighted by Gasteiger charge is -2.07. The number of H-pyrrole nitrogens is 1. The summed E-state index contributed by atoms with van der Waals surface area (Å²) in [5.74, 6) is 0.732. The molecule has 0 radical (unpaired) electrons. The number of imidazole rings is 1. The Hall–Kier alpha value is -2.34. The van der Waals surface area contributed by atoms with E-state index in [1.807, 2.05) is 41.0 Å². The van der Waals surface area contributed by atoms with E-state index < -0.39 is 0 Å². The first-order valence-corrected chi connectivity index (χ1v) is 7.49. The maximum atomic E-state index is 11.9. The summed E-state index contributed by atoms with van der Waals surface area (Å²) in [5, 5.41) is 0.776. The van der Waals surface area contributed by atoms with Crippen LogP contribution in [0.15, 0.2) is 59.3 Å². The van der Waals surface area contributed by atoms with Crippen LogP contribution in [0.4, 0.5) is 0 Å². The molecular formula is C15H14N4OS. The van der Waals surface area contributed by atoms with Crippen molar-refractivity contribution >= 4 is 22.9 Å². The summed E-state index contributed by atoms with van der Waals surface area (Å²) >= 11 is 1.54. The van der Waals surface area contributed by atoms with Crippen molar-refractivity contribution in [3.05, 3.63) is 65.2 Å². The van der Waals surface area contributed by atoms with E-state index in [1.54, 1.807) is 11.8 Å². The zero-order chi connectivity index (χ0) is 14.7. The zero-order valence-electron chi connectivity index (χ0n) is 11.3. The first kappa shape index (κ1) is 13.6. The topological polar surface area (TPSA) is 63.6 Å². The third-order valence-electron chi connectivity index (χ3n) is 3.02. The van der Waals surface area contributed by atoms with Crippen molar-refractivity contribution in [1.29, 1.82) is 0 Å². The monoisotopic (exact) mass is 298 g/mol. The fraction of sp³-hybridized carbons (Fsp3) is 0.133. The van der Waals surface area contributed by atoms with Crippen LogP contribution in [-0.4, -0.2) is 25.3 Å². The number of rotatable bonds is 5. The normalized spacial score (nSPS) is 10.9. The highest BCUT2D eigenvalue weighted by molar-refractivity contribution is 7.99. The molecule has 0 aliphatic heterocycles. The Morgan fingerprint density at radius 3 is 2.90 bits per heavy atom. The van der Waals surface area contributed by atoms with Gasteiger partial charge in [0, 0.05) is 5.75 Å². The second kappa shape index (κ2) is 5.97. The van der Waals surface area contributed by atoms with Crippen molar-refractivity contribution in [2.45, 2.75) is 11.7 Å². The van der Waals surface area contributed by atoms with Crippen LogP contribution in [0, 0.1) is 0 Å². The summed E-state index contributed by atoms with van der Waals surface area (Å²) in [5.41, 5.74) is 1.90. The molecule has 2 aromatic heterocycles. The molecule has 1 N–H and O–H groups in total. The van der Waals surface area contributed by atoms with Gasteiger partial charge in [0.2, 0.25) is 0 Å². The molecule has 0 spiro atoms. The van der Waals surface area contributed by atoms with Crippen LogP contribution in [0.2, 0.25) is 0 Å². The van der Waals surface area contributed by atoms with Gasteiger partial charge < -0.3 is 4.98 Å². The van der Waals surface area contributed by atoms with Gasteiger partial charge in [-0.3, -0.25) is 9.36 Å². The van der Waals surface area contributed by atoms with Crippen LogP contribution in [0.25, 0.3) is 11.2 Å². The van der Waals surface area contributed by atoms with Gasteiger partial charge in [-0.2, -0.15) is 0 Å². The SMILES string of the molecule is C=CCSc1nc2c(=O)[nH]cnc2n1Cc1ccccc1. The molecule has 1 aromatic carbocycles. The molecule has 0 saturated heterocycles. The third kappa shape index (κ3) is 2.75. The van der Waals surface area contributed by atoms with Crippen molar-refractivity contribution in [3.63, 3.8) is 0 Å². The van der Waals surface area contributed by atoms with Crippen molar-refractivity contribution < 1.29 is 0 Å². The van der Waals surface area contributed by atoms with E-state index in [1.165, 1.54) is 6.33 Å². The Balaban J connectivity index is 2.11. The van der Waals surface area contributed by atoms with Crippen LogP contribution in [0.5, 0.6) is 0 Å². The predicted octanol–water partition coefficient (Wildman–Crippen LogP) is 2.45. The van der Waals surface area contributed by atoms with E-state index >= 15 is 0 Å². The Labute approximate surface area is 125 Å². The molecular weight excluding hydrogens is 284 g/mol. The summed E-state index contributed by atoms with van der Waals surface area (Å²) in [7, 11) is 0. The summed E-state index contributed by atoms with van der Waals surface area (Å²) in [4.78, 5) is 23.1. The summed E-state index contributed by atoms with van der Waals surface area (Å²) in [6, 6.07) is 10.0. The van der Waals surface area contributed by atoms with Crippen molar-refractivity contribution in [1.82, 2.24) is 19.5 Å². The zero-order valence-corrected chi connectivity index (χ0v) is 12.1. The maximum absolute atomic E-state index is 11.9. The van der Waals surface area contributed by atoms with E-state index in [0.717, 1.165) is 16.5 Å². The number of thioether (sulfide) groups is 1. The average molecular weight is 298 g/mol. The smallest absolute Gasteiger partial charge is 0.278 e. The third-order valence-corrected chi connectivity index (χ3v) is 3.99. The first-order valence-electron chi connectivity index (χ1n) is 6.51. The fourth-order valence-corrected chi connectivity index (χ4v) is 2.81. The molecule has 3 aromatic rings. The molecule has 0 saturated carbocycles. The summed E-state index contributed by atoms with van der Waals surface area (Å²) in [6.45, 7) is 4.35. The lowest BCUT2D eigenvalue weighted by atomic mass is 10.2. The lowest BCUT2D eigenvalue weighted by molar-refractivity contribution is 0.724. The van der Waals surface area contributed by atoms with Gasteiger partial charge in [0.25, 0.3) is 5.56 Å². The van der Waals surface area contributed by atoms with Crippen LogP contribution >= 0.6 is 11.8 Å². The van der Waals surface area contributed by atoms with Gasteiger partial charge in [-0.15, -0.1) is 6.58 Å². The predicted molar refractivity (Wildman–Crippen MR) is 84.6 cm³/mol. The van der Waals surface area contributed by atoms with Gasteiger partial charge in [-0.05, 0) is 5.56 Å². The molecule has 0 amide bonds. The van der Waals surface area contributed by atoms with E-state index in [2.05, 4.69) is 21.5 Å². The second-order valence-electron chi connectivity index (χ2n) is 4.47. The Morgan fingerprint density at radius 1 is 1.33 bits per heavy atom. The minimum Gasteiger partial charge on any atom is -0.311 e. The molecule has 6 heteroatoms. The number of aromatic nitrogens is 4. The van der Waals surface area contributed by atoms with Crippen molar-refractivity contribution in [2.24, 2.45) is 0 Å². The number of nitrogens with one attached hydrogen (secondary N) is 1. The molecule has 0 unspecified atom stereocenters. The van der Waals surface area contributed by atoms with E-state index in [0.29, 0.717) is 17.7 Å². The van der Waals surface area contributed by atoms with Gasteiger partial charge >= 0.3 is 0 Å². The first-order chi connectivity index (χ1) is 10.3. The van der Waals surface area contributed by atoms with E-state index in [-0.39, 0.29) is 5.56 Å². The van der Waals surface area contributed by atoms with Crippen LogP contribution in [0.1, 0.15) is 5.56 Å². The van der Waals surface area contributed by atoms with Gasteiger partial charge in [0.1, 0.15) is 0 Å².